The van der Waals surface area contributed by atoms with Gasteiger partial charge < -0.3 is 19.2 Å². The molecule has 0 amide bonds. The molecule has 0 saturated heterocycles. The predicted octanol–water partition coefficient (Wildman–Crippen LogP) is 5.61. The van der Waals surface area contributed by atoms with E-state index in [1.165, 1.54) is 12.4 Å². The molecule has 0 aliphatic carbocycles. The van der Waals surface area contributed by atoms with Gasteiger partial charge >= 0.3 is 0 Å². The van der Waals surface area contributed by atoms with Crippen molar-refractivity contribution in [3.8, 4) is 22.9 Å². The molecule has 2 aromatic carbocycles. The topological polar surface area (TPSA) is 66.5 Å². The van der Waals surface area contributed by atoms with Crippen LogP contribution in [0.1, 0.15) is 36.6 Å². The normalized spacial score (nSPS) is 12.7. The minimum atomic E-state index is 0.521. The molecule has 0 saturated carbocycles. The number of imidazole rings is 1. The van der Waals surface area contributed by atoms with Crippen LogP contribution in [0, 0.1) is 5.21 Å². The van der Waals surface area contributed by atoms with Crippen molar-refractivity contribution in [1.82, 2.24) is 14.5 Å². The van der Waals surface area contributed by atoms with E-state index >= 15 is 0 Å². The highest BCUT2D eigenvalue weighted by Gasteiger charge is 2.21. The molecule has 0 unspecified atom stereocenters. The van der Waals surface area contributed by atoms with Gasteiger partial charge in [-0.3, -0.25) is 4.90 Å². The van der Waals surface area contributed by atoms with Gasteiger partial charge in [-0.2, -0.15) is 4.73 Å². The van der Waals surface area contributed by atoms with Crippen LogP contribution in [-0.2, 0) is 26.2 Å². The number of benzene rings is 2. The second-order valence-corrected chi connectivity index (χ2v) is 9.59. The fourth-order valence-corrected chi connectivity index (χ4v) is 4.85. The molecule has 0 atom stereocenters. The molecule has 8 heteroatoms. The van der Waals surface area contributed by atoms with Crippen molar-refractivity contribution in [3.63, 3.8) is 0 Å². The SMILES string of the molecule is CCCCn1c(-c2ccccc2)nc(Cl)c1CN(Cc1cc[n+]([O-])cc1)Cc1ccc2c(c1)OCCO2. The van der Waals surface area contributed by atoms with Crippen molar-refractivity contribution < 1.29 is 14.2 Å². The Morgan fingerprint density at radius 1 is 0.946 bits per heavy atom. The first-order valence-corrected chi connectivity index (χ1v) is 13.1. The van der Waals surface area contributed by atoms with Gasteiger partial charge in [-0.05, 0) is 29.7 Å². The lowest BCUT2D eigenvalue weighted by atomic mass is 10.1. The number of unbranched alkanes of at least 4 members (excludes halogenated alkanes) is 1. The molecule has 0 bridgehead atoms. The summed E-state index contributed by atoms with van der Waals surface area (Å²) >= 11 is 6.80. The van der Waals surface area contributed by atoms with Crippen molar-refractivity contribution in [2.24, 2.45) is 0 Å². The van der Waals surface area contributed by atoms with E-state index in [2.05, 4.69) is 34.6 Å². The standard InChI is InChI=1S/C29H31ClN4O3/c1-2-3-13-34-25(28(30)31-29(34)24-7-5-4-6-8-24)21-32(19-22-11-14-33(35)15-12-22)20-23-9-10-26-27(18-23)37-17-16-36-26/h4-12,14-15,18H,2-3,13,16-17,19-21H2,1H3. The quantitative estimate of drug-likeness (QED) is 0.202. The van der Waals surface area contributed by atoms with Crippen LogP contribution in [0.5, 0.6) is 11.5 Å². The van der Waals surface area contributed by atoms with Gasteiger partial charge in [0.15, 0.2) is 29.0 Å². The Morgan fingerprint density at radius 2 is 1.68 bits per heavy atom. The van der Waals surface area contributed by atoms with E-state index in [-0.39, 0.29) is 0 Å². The summed E-state index contributed by atoms with van der Waals surface area (Å²) in [7, 11) is 0. The lowest BCUT2D eigenvalue weighted by Gasteiger charge is -2.25. The van der Waals surface area contributed by atoms with Crippen LogP contribution in [0.4, 0.5) is 0 Å². The van der Waals surface area contributed by atoms with Gasteiger partial charge in [-0.15, -0.1) is 0 Å². The number of hydrogen-bond donors (Lipinski definition) is 0. The molecular weight excluding hydrogens is 488 g/mol. The third kappa shape index (κ3) is 6.06. The van der Waals surface area contributed by atoms with Gasteiger partial charge in [0.05, 0.1) is 5.69 Å². The maximum atomic E-state index is 11.6. The van der Waals surface area contributed by atoms with Crippen molar-refractivity contribution >= 4 is 11.6 Å². The summed E-state index contributed by atoms with van der Waals surface area (Å²) in [5.41, 5.74) is 4.19. The lowest BCUT2D eigenvalue weighted by Crippen LogP contribution is -2.27. The predicted molar refractivity (Wildman–Crippen MR) is 143 cm³/mol. The molecule has 0 radical (unpaired) electrons. The summed E-state index contributed by atoms with van der Waals surface area (Å²) in [6, 6.07) is 20.0. The summed E-state index contributed by atoms with van der Waals surface area (Å²) in [5.74, 6) is 2.44. The number of ether oxygens (including phenoxy) is 2. The Bertz CT molecular complexity index is 1330. The molecule has 7 nitrogen and oxygen atoms in total. The second kappa shape index (κ2) is 11.7. The molecule has 0 N–H and O–H groups in total. The number of fused-ring (bicyclic) bond motifs is 1. The van der Waals surface area contributed by atoms with Gasteiger partial charge in [0.2, 0.25) is 0 Å². The van der Waals surface area contributed by atoms with Crippen LogP contribution < -0.4 is 14.2 Å². The molecule has 192 valence electrons. The van der Waals surface area contributed by atoms with Gasteiger partial charge in [0.1, 0.15) is 19.0 Å². The Labute approximate surface area is 222 Å². The maximum absolute atomic E-state index is 11.6. The monoisotopic (exact) mass is 518 g/mol. The minimum Gasteiger partial charge on any atom is -0.619 e. The van der Waals surface area contributed by atoms with E-state index in [0.717, 1.165) is 63.8 Å². The first-order valence-electron chi connectivity index (χ1n) is 12.7. The summed E-state index contributed by atoms with van der Waals surface area (Å²) < 4.78 is 14.6. The van der Waals surface area contributed by atoms with E-state index in [1.54, 1.807) is 0 Å². The van der Waals surface area contributed by atoms with Gasteiger partial charge in [0.25, 0.3) is 0 Å². The third-order valence-electron chi connectivity index (χ3n) is 6.45. The number of aromatic nitrogens is 3. The fraction of sp³-hybridized carbons (Fsp3) is 0.310. The Morgan fingerprint density at radius 3 is 2.43 bits per heavy atom. The summed E-state index contributed by atoms with van der Waals surface area (Å²) in [6.07, 6.45) is 5.17. The third-order valence-corrected chi connectivity index (χ3v) is 6.76. The number of rotatable bonds is 10. The summed E-state index contributed by atoms with van der Waals surface area (Å²) in [6.45, 7) is 6.05. The zero-order valence-electron chi connectivity index (χ0n) is 21.0. The Balaban J connectivity index is 1.48. The first-order chi connectivity index (χ1) is 18.1. The smallest absolute Gasteiger partial charge is 0.180 e. The van der Waals surface area contributed by atoms with Gasteiger partial charge in [0, 0.05) is 43.9 Å². The molecule has 3 heterocycles. The average molecular weight is 519 g/mol. The first kappa shape index (κ1) is 25.1. The highest BCUT2D eigenvalue weighted by Crippen LogP contribution is 2.32. The molecule has 0 spiro atoms. The van der Waals surface area contributed by atoms with Crippen LogP contribution >= 0.6 is 11.6 Å². The summed E-state index contributed by atoms with van der Waals surface area (Å²) in [4.78, 5) is 7.11. The van der Waals surface area contributed by atoms with E-state index in [4.69, 9.17) is 26.1 Å². The molecule has 0 fully saturated rings. The Kier molecular flexibility index (Phi) is 7.92. The van der Waals surface area contributed by atoms with Crippen LogP contribution in [0.25, 0.3) is 11.4 Å². The van der Waals surface area contributed by atoms with E-state index in [1.807, 2.05) is 42.5 Å². The van der Waals surface area contributed by atoms with Crippen molar-refractivity contribution in [2.45, 2.75) is 45.9 Å². The van der Waals surface area contributed by atoms with Crippen LogP contribution in [0.3, 0.4) is 0 Å². The van der Waals surface area contributed by atoms with Crippen LogP contribution in [-0.4, -0.2) is 27.7 Å². The summed E-state index contributed by atoms with van der Waals surface area (Å²) in [5, 5.41) is 12.1. The molecule has 5 rings (SSSR count). The zero-order valence-corrected chi connectivity index (χ0v) is 21.7. The van der Waals surface area contributed by atoms with Gasteiger partial charge in [-0.25, -0.2) is 4.98 Å². The molecule has 2 aromatic heterocycles. The largest absolute Gasteiger partial charge is 0.619 e. The van der Waals surface area contributed by atoms with Crippen molar-refractivity contribution in [3.05, 3.63) is 100 Å². The minimum absolute atomic E-state index is 0.521. The van der Waals surface area contributed by atoms with Crippen molar-refractivity contribution in [1.29, 1.82) is 0 Å². The molecular formula is C29H31ClN4O3. The highest BCUT2D eigenvalue weighted by molar-refractivity contribution is 6.30. The van der Waals surface area contributed by atoms with E-state index < -0.39 is 0 Å². The lowest BCUT2D eigenvalue weighted by molar-refractivity contribution is -0.605. The zero-order chi connectivity index (χ0) is 25.6. The van der Waals surface area contributed by atoms with E-state index in [0.29, 0.717) is 38.0 Å². The number of nitrogens with zero attached hydrogens (tertiary/aromatic N) is 4. The number of pyridine rings is 1. The van der Waals surface area contributed by atoms with Crippen molar-refractivity contribution in [2.75, 3.05) is 13.2 Å². The highest BCUT2D eigenvalue weighted by atomic mass is 35.5. The molecule has 1 aliphatic heterocycles. The average Bonchev–Trinajstić information content (AvgIpc) is 3.23. The molecule has 4 aromatic rings. The number of hydrogen-bond acceptors (Lipinski definition) is 5. The van der Waals surface area contributed by atoms with E-state index in [9.17, 15) is 5.21 Å². The maximum Gasteiger partial charge on any atom is 0.180 e. The fourth-order valence-electron chi connectivity index (χ4n) is 4.60. The molecule has 1 aliphatic rings. The van der Waals surface area contributed by atoms with Gasteiger partial charge in [-0.1, -0.05) is 61.3 Å². The van der Waals surface area contributed by atoms with Crippen LogP contribution in [0.15, 0.2) is 73.1 Å². The Hall–Kier alpha value is -3.55. The second-order valence-electron chi connectivity index (χ2n) is 9.23. The number of halogens is 1. The van der Waals surface area contributed by atoms with Crippen LogP contribution in [0.2, 0.25) is 5.15 Å². The molecule has 37 heavy (non-hydrogen) atoms.